The summed E-state index contributed by atoms with van der Waals surface area (Å²) in [4.78, 5) is 15.7. The topological polar surface area (TPSA) is 23.6 Å². The van der Waals surface area contributed by atoms with Crippen molar-refractivity contribution in [1.82, 2.24) is 9.80 Å². The molecule has 3 nitrogen and oxygen atoms in total. The van der Waals surface area contributed by atoms with Crippen LogP contribution in [0.2, 0.25) is 0 Å². The first-order valence-electron chi connectivity index (χ1n) is 4.98. The van der Waals surface area contributed by atoms with Gasteiger partial charge in [-0.15, -0.1) is 0 Å². The van der Waals surface area contributed by atoms with Gasteiger partial charge >= 0.3 is 0 Å². The molecule has 1 aliphatic heterocycles. The van der Waals surface area contributed by atoms with E-state index in [-0.39, 0.29) is 0 Å². The Labute approximate surface area is 80.7 Å². The predicted octanol–water partition coefficient (Wildman–Crippen LogP) is 1.15. The molecule has 1 aliphatic rings. The van der Waals surface area contributed by atoms with Crippen LogP contribution in [-0.2, 0) is 4.79 Å². The Morgan fingerprint density at radius 3 is 2.46 bits per heavy atom. The molecule has 1 fully saturated rings. The smallest absolute Gasteiger partial charge is 0.224 e. The number of likely N-dealkylation sites (tertiary alicyclic amines) is 1. The fraction of sp³-hybridized carbons (Fsp3) is 0.900. The molecule has 1 unspecified atom stereocenters. The molecule has 1 atom stereocenters. The van der Waals surface area contributed by atoms with Crippen molar-refractivity contribution in [2.45, 2.75) is 32.9 Å². The number of nitrogens with zero attached hydrogens (tertiary/aromatic N) is 2. The minimum Gasteiger partial charge on any atom is -0.327 e. The zero-order valence-electron chi connectivity index (χ0n) is 9.08. The van der Waals surface area contributed by atoms with Crippen LogP contribution < -0.4 is 0 Å². The van der Waals surface area contributed by atoms with Gasteiger partial charge in [-0.3, -0.25) is 9.69 Å². The van der Waals surface area contributed by atoms with Crippen molar-refractivity contribution >= 4 is 5.91 Å². The van der Waals surface area contributed by atoms with E-state index in [1.807, 2.05) is 19.0 Å². The Kier molecular flexibility index (Phi) is 3.31. The molecule has 1 saturated heterocycles. The molecule has 1 heterocycles. The Bertz CT molecular complexity index is 189. The molecule has 0 N–H and O–H groups in total. The fourth-order valence-electron chi connectivity index (χ4n) is 1.67. The highest BCUT2D eigenvalue weighted by molar-refractivity contribution is 5.77. The third kappa shape index (κ3) is 2.44. The van der Waals surface area contributed by atoms with Gasteiger partial charge in [0, 0.05) is 13.0 Å². The van der Waals surface area contributed by atoms with Crippen molar-refractivity contribution in [3.8, 4) is 0 Å². The lowest BCUT2D eigenvalue weighted by Crippen LogP contribution is -2.57. The summed E-state index contributed by atoms with van der Waals surface area (Å²) in [6.07, 6.45) is 2.16. The van der Waals surface area contributed by atoms with Gasteiger partial charge in [-0.05, 0) is 26.4 Å². The molecule has 0 aromatic rings. The van der Waals surface area contributed by atoms with Crippen molar-refractivity contribution in [1.29, 1.82) is 0 Å². The lowest BCUT2D eigenvalue weighted by Gasteiger charge is -2.45. The fourth-order valence-corrected chi connectivity index (χ4v) is 1.67. The van der Waals surface area contributed by atoms with Gasteiger partial charge in [-0.25, -0.2) is 0 Å². The molecular weight excluding hydrogens is 164 g/mol. The van der Waals surface area contributed by atoms with Crippen molar-refractivity contribution in [3.05, 3.63) is 0 Å². The van der Waals surface area contributed by atoms with Crippen molar-refractivity contribution in [2.24, 2.45) is 5.92 Å². The van der Waals surface area contributed by atoms with Crippen LogP contribution >= 0.6 is 0 Å². The highest BCUT2D eigenvalue weighted by Gasteiger charge is 2.33. The molecule has 1 rings (SSSR count). The van der Waals surface area contributed by atoms with Gasteiger partial charge in [0.2, 0.25) is 5.91 Å². The number of carbonyl (C=O) groups excluding carboxylic acids is 1. The second kappa shape index (κ2) is 4.09. The maximum Gasteiger partial charge on any atom is 0.224 e. The Balaban J connectivity index is 2.40. The average molecular weight is 184 g/mol. The van der Waals surface area contributed by atoms with E-state index in [4.69, 9.17) is 0 Å². The first kappa shape index (κ1) is 10.5. The summed E-state index contributed by atoms with van der Waals surface area (Å²) in [5.74, 6) is 0.774. The van der Waals surface area contributed by atoms with E-state index in [1.165, 1.54) is 0 Å². The van der Waals surface area contributed by atoms with Crippen LogP contribution in [-0.4, -0.2) is 42.5 Å². The van der Waals surface area contributed by atoms with E-state index >= 15 is 0 Å². The SMILES string of the molecule is CC(C)CC(=O)N1CCC1N(C)C. The molecule has 0 bridgehead atoms. The largest absolute Gasteiger partial charge is 0.327 e. The molecule has 0 aromatic heterocycles. The Hall–Kier alpha value is -0.570. The van der Waals surface area contributed by atoms with Gasteiger partial charge in [-0.1, -0.05) is 13.8 Å². The van der Waals surface area contributed by atoms with Crippen LogP contribution in [0, 0.1) is 5.92 Å². The zero-order chi connectivity index (χ0) is 10.0. The molecule has 0 radical (unpaired) electrons. The summed E-state index contributed by atoms with van der Waals surface area (Å²) in [7, 11) is 4.05. The van der Waals surface area contributed by atoms with E-state index in [0.29, 0.717) is 24.4 Å². The highest BCUT2D eigenvalue weighted by atomic mass is 16.2. The Morgan fingerprint density at radius 1 is 1.54 bits per heavy atom. The average Bonchev–Trinajstić information content (AvgIpc) is 1.79. The number of hydrogen-bond acceptors (Lipinski definition) is 2. The lowest BCUT2D eigenvalue weighted by atomic mass is 10.1. The van der Waals surface area contributed by atoms with Crippen molar-refractivity contribution < 1.29 is 4.79 Å². The lowest BCUT2D eigenvalue weighted by molar-refractivity contribution is -0.146. The van der Waals surface area contributed by atoms with Gasteiger partial charge in [0.25, 0.3) is 0 Å². The van der Waals surface area contributed by atoms with Crippen LogP contribution in [0.5, 0.6) is 0 Å². The summed E-state index contributed by atoms with van der Waals surface area (Å²) >= 11 is 0. The van der Waals surface area contributed by atoms with Crippen LogP contribution in [0.25, 0.3) is 0 Å². The van der Waals surface area contributed by atoms with Crippen LogP contribution in [0.1, 0.15) is 26.7 Å². The number of hydrogen-bond donors (Lipinski definition) is 0. The molecule has 0 aromatic carbocycles. The number of rotatable bonds is 3. The quantitative estimate of drug-likeness (QED) is 0.657. The number of carbonyl (C=O) groups is 1. The molecule has 0 aliphatic carbocycles. The van der Waals surface area contributed by atoms with Gasteiger partial charge < -0.3 is 4.90 Å². The monoisotopic (exact) mass is 184 g/mol. The minimum absolute atomic E-state index is 0.306. The van der Waals surface area contributed by atoms with E-state index in [2.05, 4.69) is 18.7 Å². The second-order valence-corrected chi connectivity index (χ2v) is 4.42. The minimum atomic E-state index is 0.306. The summed E-state index contributed by atoms with van der Waals surface area (Å²) in [6, 6.07) is 0. The van der Waals surface area contributed by atoms with Gasteiger partial charge in [0.1, 0.15) is 0 Å². The third-order valence-electron chi connectivity index (χ3n) is 2.49. The molecule has 0 saturated carbocycles. The van der Waals surface area contributed by atoms with E-state index < -0.39 is 0 Å². The Morgan fingerprint density at radius 2 is 2.15 bits per heavy atom. The van der Waals surface area contributed by atoms with Crippen LogP contribution in [0.3, 0.4) is 0 Å². The molecule has 3 heteroatoms. The maximum atomic E-state index is 11.6. The second-order valence-electron chi connectivity index (χ2n) is 4.42. The highest BCUT2D eigenvalue weighted by Crippen LogP contribution is 2.21. The van der Waals surface area contributed by atoms with Gasteiger partial charge in [-0.2, -0.15) is 0 Å². The van der Waals surface area contributed by atoms with Crippen molar-refractivity contribution in [3.63, 3.8) is 0 Å². The summed E-state index contributed by atoms with van der Waals surface area (Å²) in [6.45, 7) is 5.11. The first-order valence-corrected chi connectivity index (χ1v) is 4.98. The van der Waals surface area contributed by atoms with E-state index in [9.17, 15) is 4.79 Å². The molecule has 13 heavy (non-hydrogen) atoms. The van der Waals surface area contributed by atoms with Crippen LogP contribution in [0.15, 0.2) is 0 Å². The maximum absolute atomic E-state index is 11.6. The predicted molar refractivity (Wildman–Crippen MR) is 53.3 cm³/mol. The summed E-state index contributed by atoms with van der Waals surface area (Å²) < 4.78 is 0. The molecule has 76 valence electrons. The number of amides is 1. The molecule has 0 spiro atoms. The van der Waals surface area contributed by atoms with E-state index in [1.54, 1.807) is 0 Å². The van der Waals surface area contributed by atoms with Gasteiger partial charge in [0.05, 0.1) is 6.17 Å². The standard InChI is InChI=1S/C10H20N2O/c1-8(2)7-10(13)12-6-5-9(12)11(3)4/h8-9H,5-7H2,1-4H3. The first-order chi connectivity index (χ1) is 6.02. The summed E-state index contributed by atoms with van der Waals surface area (Å²) in [5.41, 5.74) is 0. The van der Waals surface area contributed by atoms with Crippen LogP contribution in [0.4, 0.5) is 0 Å². The van der Waals surface area contributed by atoms with Crippen molar-refractivity contribution in [2.75, 3.05) is 20.6 Å². The van der Waals surface area contributed by atoms with E-state index in [0.717, 1.165) is 13.0 Å². The third-order valence-corrected chi connectivity index (χ3v) is 2.49. The zero-order valence-corrected chi connectivity index (χ0v) is 9.08. The molecule has 1 amide bonds. The summed E-state index contributed by atoms with van der Waals surface area (Å²) in [5, 5.41) is 0. The molecular formula is C10H20N2O. The van der Waals surface area contributed by atoms with Gasteiger partial charge in [0.15, 0.2) is 0 Å². The normalized spacial score (nSPS) is 22.3.